The van der Waals surface area contributed by atoms with E-state index in [4.69, 9.17) is 4.74 Å². The molecule has 2 saturated heterocycles. The van der Waals surface area contributed by atoms with E-state index < -0.39 is 10.0 Å². The molecule has 2 amide bonds. The zero-order valence-corrected chi connectivity index (χ0v) is 17.1. The van der Waals surface area contributed by atoms with Crippen LogP contribution in [0.5, 0.6) is 0 Å². The number of aryl methyl sites for hydroxylation is 1. The van der Waals surface area contributed by atoms with Gasteiger partial charge in [-0.25, -0.2) is 13.2 Å². The van der Waals surface area contributed by atoms with E-state index in [0.29, 0.717) is 37.4 Å². The van der Waals surface area contributed by atoms with Crippen molar-refractivity contribution in [3.63, 3.8) is 0 Å². The molecule has 0 aliphatic carbocycles. The molecule has 2 fully saturated rings. The monoisotopic (exact) mass is 395 g/mol. The lowest BCUT2D eigenvalue weighted by atomic mass is 9.88. The molecule has 0 saturated carbocycles. The summed E-state index contributed by atoms with van der Waals surface area (Å²) >= 11 is 0. The number of benzene rings is 1. The lowest BCUT2D eigenvalue weighted by molar-refractivity contribution is -0.0311. The minimum atomic E-state index is -3.48. The number of rotatable bonds is 4. The quantitative estimate of drug-likeness (QED) is 0.844. The molecule has 1 aromatic rings. The molecule has 0 bridgehead atoms. The maximum atomic E-state index is 12.9. The molecule has 27 heavy (non-hydrogen) atoms. The molecule has 1 N–H and O–H groups in total. The molecule has 1 spiro atoms. The highest BCUT2D eigenvalue weighted by Crippen LogP contribution is 2.37. The van der Waals surface area contributed by atoms with Crippen LogP contribution in [0.25, 0.3) is 0 Å². The third-order valence-corrected chi connectivity index (χ3v) is 7.46. The van der Waals surface area contributed by atoms with E-state index in [1.165, 1.54) is 4.90 Å². The summed E-state index contributed by atoms with van der Waals surface area (Å²) < 4.78 is 33.4. The van der Waals surface area contributed by atoms with Gasteiger partial charge in [-0.2, -0.15) is 4.31 Å². The van der Waals surface area contributed by atoms with Crippen molar-refractivity contribution in [2.75, 3.05) is 33.8 Å². The van der Waals surface area contributed by atoms with Crippen LogP contribution in [0.2, 0.25) is 0 Å². The Morgan fingerprint density at radius 2 is 1.89 bits per heavy atom. The number of carbonyl (C=O) groups is 1. The second-order valence-corrected chi connectivity index (χ2v) is 9.58. The van der Waals surface area contributed by atoms with E-state index in [1.807, 2.05) is 19.1 Å². The number of sulfonamides is 1. The van der Waals surface area contributed by atoms with Crippen molar-refractivity contribution in [2.45, 2.75) is 49.1 Å². The van der Waals surface area contributed by atoms with E-state index in [1.54, 1.807) is 30.5 Å². The summed E-state index contributed by atoms with van der Waals surface area (Å²) in [6.07, 6.45) is 2.91. The fourth-order valence-electron chi connectivity index (χ4n) is 3.77. The number of nitrogens with zero attached hydrogens (tertiary/aromatic N) is 2. The minimum Gasteiger partial charge on any atom is -0.373 e. The molecule has 1 aromatic carbocycles. The summed E-state index contributed by atoms with van der Waals surface area (Å²) in [6.45, 7) is 3.40. The second-order valence-electron chi connectivity index (χ2n) is 7.64. The molecule has 8 heteroatoms. The van der Waals surface area contributed by atoms with Gasteiger partial charge in [-0.3, -0.25) is 0 Å². The van der Waals surface area contributed by atoms with Crippen molar-refractivity contribution in [3.8, 4) is 0 Å². The van der Waals surface area contributed by atoms with Gasteiger partial charge in [0.2, 0.25) is 10.0 Å². The smallest absolute Gasteiger partial charge is 0.317 e. The third-order valence-electron chi connectivity index (χ3n) is 5.55. The maximum absolute atomic E-state index is 12.9. The Balaban J connectivity index is 1.60. The summed E-state index contributed by atoms with van der Waals surface area (Å²) in [6, 6.07) is 6.97. The Kier molecular flexibility index (Phi) is 5.79. The van der Waals surface area contributed by atoms with E-state index in [0.717, 1.165) is 18.4 Å². The van der Waals surface area contributed by atoms with Crippen molar-refractivity contribution in [3.05, 3.63) is 29.8 Å². The fourth-order valence-corrected chi connectivity index (χ4v) is 5.21. The van der Waals surface area contributed by atoms with Crippen LogP contribution in [0.3, 0.4) is 0 Å². The molecular weight excluding hydrogens is 366 g/mol. The molecule has 7 nitrogen and oxygen atoms in total. The van der Waals surface area contributed by atoms with Crippen LogP contribution >= 0.6 is 0 Å². The van der Waals surface area contributed by atoms with Gasteiger partial charge in [0.15, 0.2) is 0 Å². The number of urea groups is 1. The molecule has 0 radical (unpaired) electrons. The average Bonchev–Trinajstić information content (AvgIpc) is 3.04. The van der Waals surface area contributed by atoms with Crippen LogP contribution < -0.4 is 5.32 Å². The Hall–Kier alpha value is -1.64. The van der Waals surface area contributed by atoms with Gasteiger partial charge < -0.3 is 15.0 Å². The van der Waals surface area contributed by atoms with Gasteiger partial charge in [-0.1, -0.05) is 19.1 Å². The minimum absolute atomic E-state index is 0.0235. The highest BCUT2D eigenvalue weighted by atomic mass is 32.2. The highest BCUT2D eigenvalue weighted by Gasteiger charge is 2.45. The lowest BCUT2D eigenvalue weighted by Crippen LogP contribution is -2.47. The van der Waals surface area contributed by atoms with Gasteiger partial charge in [0.1, 0.15) is 0 Å². The molecule has 150 valence electrons. The van der Waals surface area contributed by atoms with Gasteiger partial charge in [-0.15, -0.1) is 0 Å². The second kappa shape index (κ2) is 7.77. The van der Waals surface area contributed by atoms with Crippen LogP contribution in [0.4, 0.5) is 4.79 Å². The summed E-state index contributed by atoms with van der Waals surface area (Å²) in [5.41, 5.74) is 0.791. The van der Waals surface area contributed by atoms with Crippen molar-refractivity contribution >= 4 is 16.1 Å². The topological polar surface area (TPSA) is 79.0 Å². The van der Waals surface area contributed by atoms with Gasteiger partial charge in [0.25, 0.3) is 0 Å². The lowest BCUT2D eigenvalue weighted by Gasteiger charge is -2.38. The molecule has 1 atom stereocenters. The number of amides is 2. The number of ether oxygens (including phenoxy) is 1. The van der Waals surface area contributed by atoms with Crippen LogP contribution in [0, 0.1) is 0 Å². The number of hydrogen-bond acceptors (Lipinski definition) is 4. The Morgan fingerprint density at radius 1 is 1.26 bits per heavy atom. The van der Waals surface area contributed by atoms with Gasteiger partial charge in [-0.05, 0) is 43.4 Å². The Bertz CT molecular complexity index is 769. The SMILES string of the molecule is CCc1ccc(S(=O)(=O)N2CCC3(CC2)CC(NC(=O)N(C)C)CO3)cc1. The molecule has 2 aliphatic rings. The molecular formula is C19H29N3O4S. The first-order chi connectivity index (χ1) is 12.8. The predicted molar refractivity (Wildman–Crippen MR) is 103 cm³/mol. The first kappa shape index (κ1) is 20.1. The molecule has 3 rings (SSSR count). The van der Waals surface area contributed by atoms with E-state index in [2.05, 4.69) is 5.32 Å². The number of hydrogen-bond donors (Lipinski definition) is 1. The molecule has 2 heterocycles. The van der Waals surface area contributed by atoms with Crippen LogP contribution in [-0.2, 0) is 21.2 Å². The van der Waals surface area contributed by atoms with Crippen molar-refractivity contribution < 1.29 is 17.9 Å². The van der Waals surface area contributed by atoms with Crippen LogP contribution in [0.1, 0.15) is 31.7 Å². The van der Waals surface area contributed by atoms with Crippen molar-refractivity contribution in [2.24, 2.45) is 0 Å². The number of piperidine rings is 1. The van der Waals surface area contributed by atoms with Crippen molar-refractivity contribution in [1.82, 2.24) is 14.5 Å². The first-order valence-corrected chi connectivity index (χ1v) is 10.9. The predicted octanol–water partition coefficient (Wildman–Crippen LogP) is 1.83. The Labute approximate surface area is 161 Å². The summed E-state index contributed by atoms with van der Waals surface area (Å²) in [4.78, 5) is 13.7. The van der Waals surface area contributed by atoms with Crippen LogP contribution in [-0.4, -0.2) is 69.1 Å². The highest BCUT2D eigenvalue weighted by molar-refractivity contribution is 7.89. The number of nitrogens with one attached hydrogen (secondary N) is 1. The van der Waals surface area contributed by atoms with Gasteiger partial charge in [0, 0.05) is 27.2 Å². The van der Waals surface area contributed by atoms with E-state index >= 15 is 0 Å². The zero-order valence-electron chi connectivity index (χ0n) is 16.3. The largest absolute Gasteiger partial charge is 0.373 e. The molecule has 0 aromatic heterocycles. The third kappa shape index (κ3) is 4.28. The normalized spacial score (nSPS) is 22.7. The summed E-state index contributed by atoms with van der Waals surface area (Å²) in [5, 5.41) is 2.96. The fraction of sp³-hybridized carbons (Fsp3) is 0.632. The molecule has 2 aliphatic heterocycles. The summed E-state index contributed by atoms with van der Waals surface area (Å²) in [7, 11) is -0.0643. The van der Waals surface area contributed by atoms with Gasteiger partial charge in [0.05, 0.1) is 23.1 Å². The average molecular weight is 396 g/mol. The van der Waals surface area contributed by atoms with Crippen LogP contribution in [0.15, 0.2) is 29.2 Å². The van der Waals surface area contributed by atoms with E-state index in [-0.39, 0.29) is 17.7 Å². The maximum Gasteiger partial charge on any atom is 0.317 e. The molecule has 1 unspecified atom stereocenters. The Morgan fingerprint density at radius 3 is 2.44 bits per heavy atom. The first-order valence-electron chi connectivity index (χ1n) is 9.47. The number of carbonyl (C=O) groups excluding carboxylic acids is 1. The zero-order chi connectivity index (χ0) is 19.7. The standard InChI is InChI=1S/C19H29N3O4S/c1-4-15-5-7-17(8-6-15)27(24,25)22-11-9-19(10-12-22)13-16(14-26-19)20-18(23)21(2)3/h5-8,16H,4,9-14H2,1-3H3,(H,20,23). The van der Waals surface area contributed by atoms with E-state index in [9.17, 15) is 13.2 Å². The van der Waals surface area contributed by atoms with Crippen molar-refractivity contribution in [1.29, 1.82) is 0 Å². The van der Waals surface area contributed by atoms with Gasteiger partial charge >= 0.3 is 6.03 Å². The summed E-state index contributed by atoms with van der Waals surface area (Å²) in [5.74, 6) is 0.